The second kappa shape index (κ2) is 7.67. The lowest BCUT2D eigenvalue weighted by molar-refractivity contribution is 0.0696. The van der Waals surface area contributed by atoms with E-state index in [0.29, 0.717) is 33.5 Å². The van der Waals surface area contributed by atoms with Crippen LogP contribution in [0.4, 0.5) is 5.69 Å². The lowest BCUT2D eigenvalue weighted by Gasteiger charge is -2.07. The molecule has 30 heavy (non-hydrogen) atoms. The van der Waals surface area contributed by atoms with Crippen LogP contribution in [0.5, 0.6) is 0 Å². The van der Waals surface area contributed by atoms with E-state index in [2.05, 4.69) is 5.32 Å². The van der Waals surface area contributed by atoms with Crippen LogP contribution in [0.25, 0.3) is 22.3 Å². The molecule has 0 fully saturated rings. The first-order valence-electron chi connectivity index (χ1n) is 9.20. The van der Waals surface area contributed by atoms with Gasteiger partial charge in [-0.2, -0.15) is 0 Å². The molecule has 0 radical (unpaired) electrons. The summed E-state index contributed by atoms with van der Waals surface area (Å²) in [6.45, 7) is 1.91. The molecule has 6 nitrogen and oxygen atoms in total. The fraction of sp³-hybridized carbons (Fsp3) is 0.0417. The van der Waals surface area contributed by atoms with E-state index in [9.17, 15) is 14.4 Å². The predicted molar refractivity (Wildman–Crippen MR) is 114 cm³/mol. The molecule has 0 aliphatic carbocycles. The van der Waals surface area contributed by atoms with Crippen LogP contribution in [0.3, 0.4) is 0 Å². The molecule has 0 unspecified atom stereocenters. The highest BCUT2D eigenvalue weighted by molar-refractivity contribution is 6.04. The van der Waals surface area contributed by atoms with Crippen LogP contribution in [-0.4, -0.2) is 17.0 Å². The van der Waals surface area contributed by atoms with Gasteiger partial charge in [0.15, 0.2) is 5.43 Å². The van der Waals surface area contributed by atoms with Gasteiger partial charge in [-0.15, -0.1) is 0 Å². The third-order valence-corrected chi connectivity index (χ3v) is 4.70. The Morgan fingerprint density at radius 2 is 1.53 bits per heavy atom. The van der Waals surface area contributed by atoms with E-state index >= 15 is 0 Å². The zero-order valence-corrected chi connectivity index (χ0v) is 16.0. The quantitative estimate of drug-likeness (QED) is 0.518. The summed E-state index contributed by atoms with van der Waals surface area (Å²) in [5.41, 5.74) is 3.10. The largest absolute Gasteiger partial charge is 0.478 e. The highest BCUT2D eigenvalue weighted by atomic mass is 16.4. The Hall–Kier alpha value is -4.19. The average molecular weight is 399 g/mol. The molecule has 0 aliphatic rings. The topological polar surface area (TPSA) is 96.6 Å². The van der Waals surface area contributed by atoms with E-state index in [0.717, 1.165) is 5.56 Å². The van der Waals surface area contributed by atoms with Gasteiger partial charge in [-0.25, -0.2) is 4.79 Å². The van der Waals surface area contributed by atoms with Crippen LogP contribution in [0.1, 0.15) is 26.3 Å². The molecule has 0 aliphatic heterocycles. The Labute approximate surface area is 171 Å². The molecular formula is C24H17NO5. The van der Waals surface area contributed by atoms with Crippen molar-refractivity contribution in [2.45, 2.75) is 6.92 Å². The number of nitrogens with one attached hydrogen (secondary N) is 1. The first kappa shape index (κ1) is 19.1. The highest BCUT2D eigenvalue weighted by Gasteiger charge is 2.10. The average Bonchev–Trinajstić information content (AvgIpc) is 2.74. The zero-order chi connectivity index (χ0) is 21.3. The molecule has 1 heterocycles. The Balaban J connectivity index is 1.56. The van der Waals surface area contributed by atoms with E-state index < -0.39 is 5.97 Å². The van der Waals surface area contributed by atoms with Crippen molar-refractivity contribution in [2.75, 3.05) is 5.32 Å². The van der Waals surface area contributed by atoms with Crippen LogP contribution in [0, 0.1) is 6.92 Å². The fourth-order valence-electron chi connectivity index (χ4n) is 3.10. The number of fused-ring (bicyclic) bond motifs is 1. The summed E-state index contributed by atoms with van der Waals surface area (Å²) >= 11 is 0. The lowest BCUT2D eigenvalue weighted by Crippen LogP contribution is -2.11. The van der Waals surface area contributed by atoms with Crippen molar-refractivity contribution in [3.8, 4) is 11.3 Å². The van der Waals surface area contributed by atoms with Crippen molar-refractivity contribution in [3.63, 3.8) is 0 Å². The van der Waals surface area contributed by atoms with E-state index in [-0.39, 0.29) is 16.9 Å². The number of aryl methyl sites for hydroxylation is 1. The first-order chi connectivity index (χ1) is 14.4. The van der Waals surface area contributed by atoms with Crippen molar-refractivity contribution >= 4 is 28.5 Å². The second-order valence-corrected chi connectivity index (χ2v) is 6.89. The summed E-state index contributed by atoms with van der Waals surface area (Å²) in [6, 6.07) is 19.5. The zero-order valence-electron chi connectivity index (χ0n) is 16.0. The predicted octanol–water partition coefficient (Wildman–Crippen LogP) is 4.72. The van der Waals surface area contributed by atoms with Crippen LogP contribution in [0.2, 0.25) is 0 Å². The minimum Gasteiger partial charge on any atom is -0.478 e. The molecule has 4 aromatic rings. The summed E-state index contributed by atoms with van der Waals surface area (Å²) < 4.78 is 5.86. The molecule has 0 saturated heterocycles. The van der Waals surface area contributed by atoms with Gasteiger partial charge in [0, 0.05) is 22.9 Å². The molecule has 0 atom stereocenters. The fourth-order valence-corrected chi connectivity index (χ4v) is 3.10. The number of hydrogen-bond acceptors (Lipinski definition) is 4. The number of anilines is 1. The molecule has 0 saturated carbocycles. The molecule has 1 amide bonds. The summed E-state index contributed by atoms with van der Waals surface area (Å²) in [5, 5.41) is 12.2. The smallest absolute Gasteiger partial charge is 0.335 e. The SMILES string of the molecule is Cc1ccc2oc(-c3ccc(C(=O)Nc4ccc(C(=O)O)cc4)cc3)cc(=O)c2c1. The maximum absolute atomic E-state index is 12.4. The Kier molecular flexibility index (Phi) is 4.90. The van der Waals surface area contributed by atoms with Gasteiger partial charge >= 0.3 is 5.97 Å². The number of carboxylic acid groups (broad SMARTS) is 1. The molecule has 0 spiro atoms. The third kappa shape index (κ3) is 3.84. The van der Waals surface area contributed by atoms with Gasteiger partial charge < -0.3 is 14.8 Å². The van der Waals surface area contributed by atoms with Crippen molar-refractivity contribution in [1.29, 1.82) is 0 Å². The number of carboxylic acids is 1. The molecule has 2 N–H and O–H groups in total. The van der Waals surface area contributed by atoms with Crippen LogP contribution >= 0.6 is 0 Å². The van der Waals surface area contributed by atoms with E-state index in [1.54, 1.807) is 36.4 Å². The van der Waals surface area contributed by atoms with Crippen LogP contribution < -0.4 is 10.7 Å². The van der Waals surface area contributed by atoms with Crippen LogP contribution in [0.15, 0.2) is 82.0 Å². The summed E-state index contributed by atoms with van der Waals surface area (Å²) in [7, 11) is 0. The van der Waals surface area contributed by atoms with Crippen LogP contribution in [-0.2, 0) is 0 Å². The summed E-state index contributed by atoms with van der Waals surface area (Å²) in [6.07, 6.45) is 0. The van der Waals surface area contributed by atoms with Gasteiger partial charge in [0.25, 0.3) is 5.91 Å². The Morgan fingerprint density at radius 3 is 2.20 bits per heavy atom. The highest BCUT2D eigenvalue weighted by Crippen LogP contribution is 2.23. The number of amides is 1. The van der Waals surface area contributed by atoms with Gasteiger partial charge in [-0.3, -0.25) is 9.59 Å². The summed E-state index contributed by atoms with van der Waals surface area (Å²) in [4.78, 5) is 35.7. The molecule has 6 heteroatoms. The number of aromatic carboxylic acids is 1. The number of benzene rings is 3. The molecule has 1 aromatic heterocycles. The second-order valence-electron chi connectivity index (χ2n) is 6.89. The van der Waals surface area contributed by atoms with Crippen molar-refractivity contribution in [3.05, 3.63) is 99.7 Å². The Bertz CT molecular complexity index is 1320. The lowest BCUT2D eigenvalue weighted by atomic mass is 10.1. The van der Waals surface area contributed by atoms with E-state index in [4.69, 9.17) is 9.52 Å². The van der Waals surface area contributed by atoms with Crippen molar-refractivity contribution in [1.82, 2.24) is 0 Å². The molecule has 3 aromatic carbocycles. The maximum atomic E-state index is 12.4. The minimum atomic E-state index is -1.03. The number of rotatable bonds is 4. The van der Waals surface area contributed by atoms with E-state index in [1.165, 1.54) is 30.3 Å². The first-order valence-corrected chi connectivity index (χ1v) is 9.20. The number of carbonyl (C=O) groups is 2. The van der Waals surface area contributed by atoms with Crippen molar-refractivity contribution < 1.29 is 19.1 Å². The number of hydrogen-bond donors (Lipinski definition) is 2. The van der Waals surface area contributed by atoms with Gasteiger partial charge in [0.2, 0.25) is 0 Å². The third-order valence-electron chi connectivity index (χ3n) is 4.70. The monoisotopic (exact) mass is 399 g/mol. The van der Waals surface area contributed by atoms with Gasteiger partial charge in [0.05, 0.1) is 10.9 Å². The number of carbonyl (C=O) groups excluding carboxylic acids is 1. The molecular weight excluding hydrogens is 382 g/mol. The Morgan fingerprint density at radius 1 is 0.867 bits per heavy atom. The van der Waals surface area contributed by atoms with Crippen molar-refractivity contribution in [2.24, 2.45) is 0 Å². The molecule has 0 bridgehead atoms. The minimum absolute atomic E-state index is 0.124. The van der Waals surface area contributed by atoms with Gasteiger partial charge in [-0.05, 0) is 55.5 Å². The standard InChI is InChI=1S/C24H17NO5/c1-14-2-11-21-19(12-14)20(26)13-22(30-21)15-3-5-16(6-4-15)23(27)25-18-9-7-17(8-10-18)24(28)29/h2-13H,1H3,(H,25,27)(H,28,29). The molecule has 4 rings (SSSR count). The van der Waals surface area contributed by atoms with Gasteiger partial charge in [-0.1, -0.05) is 23.8 Å². The van der Waals surface area contributed by atoms with E-state index in [1.807, 2.05) is 13.0 Å². The summed E-state index contributed by atoms with van der Waals surface area (Å²) in [5.74, 6) is -0.938. The van der Waals surface area contributed by atoms with Gasteiger partial charge in [0.1, 0.15) is 11.3 Å². The normalized spacial score (nSPS) is 10.7. The molecule has 148 valence electrons. The maximum Gasteiger partial charge on any atom is 0.335 e.